The Kier molecular flexibility index (Phi) is 6.01. The summed E-state index contributed by atoms with van der Waals surface area (Å²) in [6.07, 6.45) is 5.43. The molecule has 1 atom stereocenters. The average Bonchev–Trinajstić information content (AvgIpc) is 3.47. The van der Waals surface area contributed by atoms with E-state index in [9.17, 15) is 6.51 Å². The molecule has 1 fully saturated rings. The van der Waals surface area contributed by atoms with E-state index in [1.807, 2.05) is 0 Å². The summed E-state index contributed by atoms with van der Waals surface area (Å²) in [6.45, 7) is 0. The summed E-state index contributed by atoms with van der Waals surface area (Å²) in [6, 6.07) is 8.30. The molecule has 9 nitrogen and oxygen atoms in total. The van der Waals surface area contributed by atoms with E-state index in [1.54, 1.807) is 56.7 Å². The van der Waals surface area contributed by atoms with Gasteiger partial charge in [0.1, 0.15) is 0 Å². The molecule has 1 aliphatic rings. The van der Waals surface area contributed by atoms with Gasteiger partial charge in [-0.05, 0) is 18.8 Å². The number of rotatable bonds is 7. The van der Waals surface area contributed by atoms with Crippen molar-refractivity contribution in [1.29, 1.82) is 0 Å². The summed E-state index contributed by atoms with van der Waals surface area (Å²) >= 11 is -4.30. The van der Waals surface area contributed by atoms with E-state index in [4.69, 9.17) is 11.5 Å². The van der Waals surface area contributed by atoms with Crippen LogP contribution in [0.2, 0.25) is 0 Å². The van der Waals surface area contributed by atoms with Crippen LogP contribution in [0.25, 0.3) is 0 Å². The van der Waals surface area contributed by atoms with Crippen LogP contribution < -0.4 is 16.8 Å². The Morgan fingerprint density at radius 2 is 1.96 bits per heavy atom. The molecule has 1 aliphatic carbocycles. The van der Waals surface area contributed by atoms with Gasteiger partial charge in [0.25, 0.3) is 0 Å². The van der Waals surface area contributed by atoms with Gasteiger partial charge in [-0.1, -0.05) is 0 Å². The molecule has 1 unspecified atom stereocenters. The van der Waals surface area contributed by atoms with Crippen molar-refractivity contribution in [2.24, 2.45) is 22.4 Å². The normalized spacial score (nSPS) is 18.6. The maximum absolute atomic E-state index is 12.3. The Labute approximate surface area is 168 Å². The molecule has 0 aliphatic heterocycles. The predicted molar refractivity (Wildman–Crippen MR) is 117 cm³/mol. The van der Waals surface area contributed by atoms with Gasteiger partial charge in [0, 0.05) is 0 Å². The van der Waals surface area contributed by atoms with Gasteiger partial charge in [0.05, 0.1) is 0 Å². The molecule has 28 heavy (non-hydrogen) atoms. The van der Waals surface area contributed by atoms with E-state index in [-0.39, 0.29) is 0 Å². The van der Waals surface area contributed by atoms with Crippen molar-refractivity contribution in [3.05, 3.63) is 51.9 Å². The number of nitrogens with two attached hydrogens (primary N) is 2. The molecule has 0 spiro atoms. The summed E-state index contributed by atoms with van der Waals surface area (Å²) in [5, 5.41) is 3.04. The van der Waals surface area contributed by atoms with Crippen molar-refractivity contribution in [1.82, 2.24) is 13.1 Å². The first kappa shape index (κ1) is 20.3. The van der Waals surface area contributed by atoms with E-state index < -0.39 is 19.1 Å². The van der Waals surface area contributed by atoms with Crippen LogP contribution in [0.3, 0.4) is 0 Å². The number of nitrogens with zero attached hydrogens (tertiary/aromatic N) is 4. The predicted octanol–water partition coefficient (Wildman–Crippen LogP) is 2.40. The first-order valence-corrected chi connectivity index (χ1v) is 12.5. The molecular weight excluding hydrogens is 473 g/mol. The van der Waals surface area contributed by atoms with Crippen molar-refractivity contribution < 1.29 is 6.51 Å². The molecular formula is C18H24IN7O2. The number of allylic oxidation sites excluding steroid dienone is 1. The van der Waals surface area contributed by atoms with Gasteiger partial charge < -0.3 is 5.73 Å². The third kappa shape index (κ3) is 5.09. The number of aromatic nitrogens is 2. The van der Waals surface area contributed by atoms with Crippen LogP contribution in [-0.2, 0) is 3.07 Å². The molecule has 1 aromatic carbocycles. The molecule has 3 rings (SSSR count). The summed E-state index contributed by atoms with van der Waals surface area (Å²) < 4.78 is 24.2. The second kappa shape index (κ2) is 8.29. The Balaban J connectivity index is 1.72. The van der Waals surface area contributed by atoms with Gasteiger partial charge in [-0.3, -0.25) is 0 Å². The monoisotopic (exact) mass is 497 g/mol. The number of halogens is 1. The molecule has 1 heterocycles. The van der Waals surface area contributed by atoms with Crippen LogP contribution in [0.4, 0.5) is 17.5 Å². The summed E-state index contributed by atoms with van der Waals surface area (Å²) in [7, 11) is 3.18. The molecule has 1 saturated carbocycles. The van der Waals surface area contributed by atoms with Crippen molar-refractivity contribution in [2.45, 2.75) is 12.8 Å². The van der Waals surface area contributed by atoms with Crippen LogP contribution in [0, 0.1) is 9.49 Å². The molecule has 2 aromatic rings. The van der Waals surface area contributed by atoms with Crippen molar-refractivity contribution in [3.8, 4) is 0 Å². The van der Waals surface area contributed by atoms with E-state index in [0.717, 1.165) is 18.5 Å². The molecule has 10 heteroatoms. The number of amidine groups is 1. The van der Waals surface area contributed by atoms with E-state index in [2.05, 4.69) is 20.3 Å². The van der Waals surface area contributed by atoms with Crippen molar-refractivity contribution in [2.75, 3.05) is 19.4 Å². The fourth-order valence-corrected chi connectivity index (χ4v) is 4.77. The van der Waals surface area contributed by atoms with Crippen LogP contribution in [-0.4, -0.2) is 36.4 Å². The van der Waals surface area contributed by atoms with Gasteiger partial charge in [0.15, 0.2) is 0 Å². The summed E-state index contributed by atoms with van der Waals surface area (Å²) in [4.78, 5) is 12.7. The quantitative estimate of drug-likeness (QED) is 0.198. The first-order valence-electron chi connectivity index (χ1n) is 8.66. The molecule has 1 aromatic heterocycles. The molecule has 6 N–H and O–H groups in total. The number of anilines is 2. The first-order chi connectivity index (χ1) is 13.3. The van der Waals surface area contributed by atoms with E-state index in [0.29, 0.717) is 32.8 Å². The SMILES string of the molecule is CN(C)I(=O)(O)c1ccc(Nc2nccc(N=C(N)/C=C(\N)C3CC3)n2)cc1. The number of nitrogens with one attached hydrogen (secondary N) is 1. The fraction of sp³-hybridized carbons (Fsp3) is 0.278. The van der Waals surface area contributed by atoms with Crippen LogP contribution in [0.15, 0.2) is 53.3 Å². The molecule has 0 amide bonds. The third-order valence-electron chi connectivity index (χ3n) is 4.09. The zero-order chi connectivity index (χ0) is 20.3. The van der Waals surface area contributed by atoms with E-state index >= 15 is 0 Å². The zero-order valence-electron chi connectivity index (χ0n) is 15.7. The van der Waals surface area contributed by atoms with Crippen molar-refractivity contribution >= 4 is 42.4 Å². The Morgan fingerprint density at radius 3 is 2.57 bits per heavy atom. The second-order valence-electron chi connectivity index (χ2n) is 6.57. The van der Waals surface area contributed by atoms with Crippen LogP contribution >= 0.6 is 19.1 Å². The fourth-order valence-electron chi connectivity index (χ4n) is 2.36. The van der Waals surface area contributed by atoms with Gasteiger partial charge >= 0.3 is 144 Å². The zero-order valence-corrected chi connectivity index (χ0v) is 17.9. The Bertz CT molecular complexity index is 953. The Morgan fingerprint density at radius 1 is 1.29 bits per heavy atom. The number of hydrogen-bond donors (Lipinski definition) is 4. The minimum absolute atomic E-state index is 0.295. The standard InChI is InChI=1S/C18H24IN7O2/c1-26(2)19(27,28)13-5-7-14(8-6-13)23-18-22-10-9-17(25-18)24-16(21)11-15(20)12-3-4-12/h5-12H,3-4,20H2,1-2H3,(H,27,28)(H3,21,22,23,24,25)/b15-11-. The number of hydrogen-bond acceptors (Lipinski definition) is 6. The van der Waals surface area contributed by atoms with Crippen LogP contribution in [0.5, 0.6) is 0 Å². The maximum atomic E-state index is 12.3. The van der Waals surface area contributed by atoms with Crippen LogP contribution in [0.1, 0.15) is 12.8 Å². The summed E-state index contributed by atoms with van der Waals surface area (Å²) in [5.74, 6) is 1.46. The minimum atomic E-state index is -4.30. The number of aliphatic imine (C=N–C) groups is 1. The molecule has 0 bridgehead atoms. The third-order valence-corrected chi connectivity index (χ3v) is 9.05. The Hall–Kier alpha value is -2.44. The van der Waals surface area contributed by atoms with Crippen molar-refractivity contribution in [3.63, 3.8) is 0 Å². The van der Waals surface area contributed by atoms with Gasteiger partial charge in [-0.2, -0.15) is 0 Å². The van der Waals surface area contributed by atoms with E-state index in [1.165, 1.54) is 3.11 Å². The summed E-state index contributed by atoms with van der Waals surface area (Å²) in [5.41, 5.74) is 13.3. The topological polar surface area (TPSA) is 143 Å². The average molecular weight is 497 g/mol. The molecule has 0 saturated heterocycles. The number of benzene rings is 1. The van der Waals surface area contributed by atoms with Gasteiger partial charge in [-0.25, -0.2) is 0 Å². The van der Waals surface area contributed by atoms with Gasteiger partial charge in [-0.15, -0.1) is 0 Å². The second-order valence-corrected chi connectivity index (χ2v) is 12.4. The van der Waals surface area contributed by atoms with Gasteiger partial charge in [0.2, 0.25) is 0 Å². The molecule has 0 radical (unpaired) electrons. The molecule has 150 valence electrons.